The summed E-state index contributed by atoms with van der Waals surface area (Å²) in [4.78, 5) is 0. The van der Waals surface area contributed by atoms with Crippen molar-refractivity contribution in [3.63, 3.8) is 0 Å². The van der Waals surface area contributed by atoms with Crippen LogP contribution < -0.4 is 0 Å². The average molecular weight is 196 g/mol. The van der Waals surface area contributed by atoms with Gasteiger partial charge in [-0.3, -0.25) is 0 Å². The Morgan fingerprint density at radius 3 is 1.79 bits per heavy atom. The zero-order valence-corrected chi connectivity index (χ0v) is 10.9. The molecule has 0 spiro atoms. The molecule has 0 rings (SSSR count). The van der Waals surface area contributed by atoms with E-state index in [2.05, 4.69) is 33.1 Å². The Balaban J connectivity index is -0.000000152. The molecule has 0 amide bonds. The van der Waals surface area contributed by atoms with Gasteiger partial charge in [0, 0.05) is 0 Å². The molecule has 0 heterocycles. The molecule has 0 bridgehead atoms. The van der Waals surface area contributed by atoms with Crippen LogP contribution in [0.1, 0.15) is 48.0 Å². The maximum atomic E-state index is 3.67. The van der Waals surface area contributed by atoms with Gasteiger partial charge in [-0.2, -0.15) is 0 Å². The van der Waals surface area contributed by atoms with E-state index >= 15 is 0 Å². The van der Waals surface area contributed by atoms with Gasteiger partial charge in [-0.15, -0.1) is 13.2 Å². The van der Waals surface area contributed by atoms with Gasteiger partial charge in [-0.25, -0.2) is 0 Å². The van der Waals surface area contributed by atoms with Gasteiger partial charge in [0.2, 0.25) is 0 Å². The lowest BCUT2D eigenvalue weighted by Gasteiger charge is -1.90. The summed E-state index contributed by atoms with van der Waals surface area (Å²) in [5, 5.41) is 0. The molecule has 0 saturated carbocycles. The van der Waals surface area contributed by atoms with Crippen molar-refractivity contribution in [3.05, 3.63) is 37.0 Å². The van der Waals surface area contributed by atoms with Gasteiger partial charge in [0.25, 0.3) is 0 Å². The first-order chi connectivity index (χ1) is 6.58. The van der Waals surface area contributed by atoms with Gasteiger partial charge >= 0.3 is 0 Å². The Hall–Kier alpha value is -0.780. The van der Waals surface area contributed by atoms with Crippen molar-refractivity contribution < 1.29 is 0 Å². The maximum absolute atomic E-state index is 3.67. The summed E-state index contributed by atoms with van der Waals surface area (Å²) in [6.07, 6.45) is 7.17. The van der Waals surface area contributed by atoms with E-state index in [1.165, 1.54) is 5.57 Å². The highest BCUT2D eigenvalue weighted by molar-refractivity contribution is 4.92. The third kappa shape index (κ3) is 30.3. The summed E-state index contributed by atoms with van der Waals surface area (Å²) in [5.74, 6) is 0.532. The predicted octanol–water partition coefficient (Wildman–Crippen LogP) is 5.38. The minimum atomic E-state index is 0.532. The van der Waals surface area contributed by atoms with E-state index in [1.807, 2.05) is 39.8 Å². The van der Waals surface area contributed by atoms with Crippen molar-refractivity contribution in [2.75, 3.05) is 0 Å². The SMILES string of the molecule is C=C(C)CC.C=CC(C)C=CC.CC. The molecule has 0 aliphatic carbocycles. The largest absolute Gasteiger partial charge is 0.102 e. The Bertz CT molecular complexity index is 140. The Labute approximate surface area is 91.4 Å². The topological polar surface area (TPSA) is 0 Å². The van der Waals surface area contributed by atoms with Crippen LogP contribution in [0.15, 0.2) is 37.0 Å². The smallest absolute Gasteiger partial charge is 0.00847 e. The molecule has 0 aromatic heterocycles. The normalized spacial score (nSPS) is 10.4. The summed E-state index contributed by atoms with van der Waals surface area (Å²) in [7, 11) is 0. The molecule has 1 atom stereocenters. The molecule has 84 valence electrons. The van der Waals surface area contributed by atoms with Gasteiger partial charge in [0.05, 0.1) is 0 Å². The van der Waals surface area contributed by atoms with Crippen molar-refractivity contribution >= 4 is 0 Å². The fourth-order valence-electron chi connectivity index (χ4n) is 0.382. The minimum absolute atomic E-state index is 0.532. The van der Waals surface area contributed by atoms with Crippen LogP contribution in [0.5, 0.6) is 0 Å². The molecular formula is C14H28. The van der Waals surface area contributed by atoms with Crippen molar-refractivity contribution in [1.29, 1.82) is 0 Å². The number of hydrogen-bond acceptors (Lipinski definition) is 0. The standard InChI is InChI=1S/C7H12.C5H10.C2H6/c1-4-6-7(3)5-2;1-4-5(2)3;1-2/h4-7H,2H2,1,3H3;2,4H2,1,3H3;1-2H3. The first-order valence-corrected chi connectivity index (χ1v) is 5.48. The molecule has 0 aliphatic rings. The third-order valence-corrected chi connectivity index (χ3v) is 1.47. The molecule has 14 heavy (non-hydrogen) atoms. The average Bonchev–Trinajstić information content (AvgIpc) is 2.22. The molecule has 1 unspecified atom stereocenters. The molecule has 0 aromatic carbocycles. The second-order valence-corrected chi connectivity index (χ2v) is 2.93. The Morgan fingerprint density at radius 2 is 1.71 bits per heavy atom. The molecule has 0 saturated heterocycles. The van der Waals surface area contributed by atoms with Crippen LogP contribution in [-0.2, 0) is 0 Å². The van der Waals surface area contributed by atoms with Crippen LogP contribution >= 0.6 is 0 Å². The van der Waals surface area contributed by atoms with Crippen molar-refractivity contribution in [1.82, 2.24) is 0 Å². The van der Waals surface area contributed by atoms with E-state index in [4.69, 9.17) is 0 Å². The molecule has 0 nitrogen and oxygen atoms in total. The quantitative estimate of drug-likeness (QED) is 0.531. The van der Waals surface area contributed by atoms with E-state index in [0.29, 0.717) is 5.92 Å². The molecule has 0 fully saturated rings. The number of rotatable bonds is 3. The summed E-state index contributed by atoms with van der Waals surface area (Å²) in [5.41, 5.74) is 1.25. The highest BCUT2D eigenvalue weighted by atomic mass is 13.9. The minimum Gasteiger partial charge on any atom is -0.102 e. The molecular weight excluding hydrogens is 168 g/mol. The lowest BCUT2D eigenvalue weighted by Crippen LogP contribution is -1.76. The Kier molecular flexibility index (Phi) is 24.4. The molecule has 0 heteroatoms. The van der Waals surface area contributed by atoms with E-state index in [9.17, 15) is 0 Å². The zero-order chi connectivity index (χ0) is 12.0. The predicted molar refractivity (Wildman–Crippen MR) is 70.6 cm³/mol. The molecule has 0 N–H and O–H groups in total. The lowest BCUT2D eigenvalue weighted by atomic mass is 10.2. The number of allylic oxidation sites excluding steroid dienone is 4. The van der Waals surface area contributed by atoms with Gasteiger partial charge in [0.1, 0.15) is 0 Å². The van der Waals surface area contributed by atoms with Crippen molar-refractivity contribution in [2.45, 2.75) is 48.0 Å². The second-order valence-electron chi connectivity index (χ2n) is 2.93. The number of hydrogen-bond donors (Lipinski definition) is 0. The van der Waals surface area contributed by atoms with E-state index in [-0.39, 0.29) is 0 Å². The van der Waals surface area contributed by atoms with Gasteiger partial charge in [0.15, 0.2) is 0 Å². The fraction of sp³-hybridized carbons (Fsp3) is 0.571. The van der Waals surface area contributed by atoms with Crippen LogP contribution in [-0.4, -0.2) is 0 Å². The monoisotopic (exact) mass is 196 g/mol. The first-order valence-electron chi connectivity index (χ1n) is 5.48. The van der Waals surface area contributed by atoms with Gasteiger partial charge < -0.3 is 0 Å². The van der Waals surface area contributed by atoms with E-state index < -0.39 is 0 Å². The summed E-state index contributed by atoms with van der Waals surface area (Å²) in [6, 6.07) is 0. The van der Waals surface area contributed by atoms with Crippen LogP contribution in [0.4, 0.5) is 0 Å². The third-order valence-electron chi connectivity index (χ3n) is 1.47. The Morgan fingerprint density at radius 1 is 1.36 bits per heavy atom. The van der Waals surface area contributed by atoms with Crippen molar-refractivity contribution in [2.24, 2.45) is 5.92 Å². The maximum Gasteiger partial charge on any atom is -0.00847 e. The van der Waals surface area contributed by atoms with Crippen LogP contribution in [0.25, 0.3) is 0 Å². The van der Waals surface area contributed by atoms with Crippen LogP contribution in [0, 0.1) is 5.92 Å². The summed E-state index contributed by atoms with van der Waals surface area (Å²) < 4.78 is 0. The molecule has 0 aliphatic heterocycles. The van der Waals surface area contributed by atoms with Crippen LogP contribution in [0.2, 0.25) is 0 Å². The lowest BCUT2D eigenvalue weighted by molar-refractivity contribution is 0.941. The summed E-state index contributed by atoms with van der Waals surface area (Å²) >= 11 is 0. The van der Waals surface area contributed by atoms with Gasteiger partial charge in [-0.1, -0.05) is 51.5 Å². The first kappa shape index (κ1) is 18.9. The molecule has 0 aromatic rings. The summed E-state index contributed by atoms with van der Waals surface area (Å²) in [6.45, 7) is 19.5. The van der Waals surface area contributed by atoms with E-state index in [1.54, 1.807) is 0 Å². The van der Waals surface area contributed by atoms with E-state index in [0.717, 1.165) is 6.42 Å². The van der Waals surface area contributed by atoms with Gasteiger partial charge in [-0.05, 0) is 26.2 Å². The van der Waals surface area contributed by atoms with Crippen molar-refractivity contribution in [3.8, 4) is 0 Å². The van der Waals surface area contributed by atoms with Crippen LogP contribution in [0.3, 0.4) is 0 Å². The fourth-order valence-corrected chi connectivity index (χ4v) is 0.382. The molecule has 0 radical (unpaired) electrons. The highest BCUT2D eigenvalue weighted by Crippen LogP contribution is 1.95. The highest BCUT2D eigenvalue weighted by Gasteiger charge is 1.81. The second kappa shape index (κ2) is 18.1. The zero-order valence-electron chi connectivity index (χ0n) is 10.9.